The standard InChI is InChI=1S/C20H20N4.2HI/c1-2-8-16-15(7-1)21-11-5-13-23-17-9-3-4-10-18(17)24-14-6-12-22(16)19(21)20(23)24;;/h1-4,7-10H,5-6,11-14H2;2*1H/q+2;;/p-2. The van der Waals surface area contributed by atoms with Crippen LogP contribution in [0.15, 0.2) is 48.5 Å². The van der Waals surface area contributed by atoms with Gasteiger partial charge in [-0.05, 0) is 24.3 Å². The second-order valence-electron chi connectivity index (χ2n) is 6.94. The Hall–Kier alpha value is -1.16. The number of hydrogen-bond donors (Lipinski definition) is 0. The van der Waals surface area contributed by atoms with Crippen LogP contribution in [0.5, 0.6) is 0 Å². The van der Waals surface area contributed by atoms with Gasteiger partial charge < -0.3 is 48.0 Å². The molecule has 0 spiro atoms. The topological polar surface area (TPSA) is 17.6 Å². The van der Waals surface area contributed by atoms with E-state index < -0.39 is 0 Å². The molecule has 2 aliphatic rings. The highest BCUT2D eigenvalue weighted by atomic mass is 127. The number of aryl methyl sites for hydroxylation is 4. The number of hydrogen-bond acceptors (Lipinski definition) is 0. The Balaban J connectivity index is 0.000000841. The van der Waals surface area contributed by atoms with Gasteiger partial charge in [0.2, 0.25) is 0 Å². The van der Waals surface area contributed by atoms with E-state index in [-0.39, 0.29) is 48.0 Å². The predicted molar refractivity (Wildman–Crippen MR) is 92.5 cm³/mol. The molecule has 134 valence electrons. The van der Waals surface area contributed by atoms with Gasteiger partial charge in [-0.3, -0.25) is 0 Å². The lowest BCUT2D eigenvalue weighted by Crippen LogP contribution is -3.00. The van der Waals surface area contributed by atoms with Gasteiger partial charge in [-0.25, -0.2) is 18.3 Å². The minimum absolute atomic E-state index is 0. The SMILES string of the molecule is [I-].[I-].c1ccc2c(c1)n1c3[n+]2CCCn2c-3[n+](c3ccccc32)CCC1. The zero-order chi connectivity index (χ0) is 15.7. The fourth-order valence-electron chi connectivity index (χ4n) is 4.75. The highest BCUT2D eigenvalue weighted by molar-refractivity contribution is 5.78. The van der Waals surface area contributed by atoms with E-state index in [9.17, 15) is 0 Å². The molecular weight excluding hydrogens is 550 g/mol. The van der Waals surface area contributed by atoms with Crippen LogP contribution in [0.25, 0.3) is 33.7 Å². The van der Waals surface area contributed by atoms with Gasteiger partial charge in [0.05, 0.1) is 26.2 Å². The lowest BCUT2D eigenvalue weighted by molar-refractivity contribution is -0.687. The first kappa shape index (κ1) is 18.2. The Morgan fingerprint density at radius 2 is 1.04 bits per heavy atom. The van der Waals surface area contributed by atoms with Gasteiger partial charge in [0, 0.05) is 12.8 Å². The number of benzene rings is 2. The number of aromatic nitrogens is 4. The summed E-state index contributed by atoms with van der Waals surface area (Å²) in [5.41, 5.74) is 5.50. The van der Waals surface area contributed by atoms with Gasteiger partial charge in [0.15, 0.2) is 22.1 Å². The summed E-state index contributed by atoms with van der Waals surface area (Å²) >= 11 is 0. The summed E-state index contributed by atoms with van der Waals surface area (Å²) in [4.78, 5) is 0. The van der Waals surface area contributed by atoms with E-state index >= 15 is 0 Å². The summed E-state index contributed by atoms with van der Waals surface area (Å²) in [6.45, 7) is 4.38. The van der Waals surface area contributed by atoms with Gasteiger partial charge in [0.25, 0.3) is 0 Å². The summed E-state index contributed by atoms with van der Waals surface area (Å²) in [7, 11) is 0. The zero-order valence-electron chi connectivity index (χ0n) is 14.4. The van der Waals surface area contributed by atoms with E-state index in [1.807, 2.05) is 0 Å². The molecule has 0 unspecified atom stereocenters. The Bertz CT molecular complexity index is 954. The molecule has 2 aliphatic heterocycles. The molecular formula is C20H20I2N4. The molecule has 0 N–H and O–H groups in total. The molecule has 0 saturated carbocycles. The van der Waals surface area contributed by atoms with E-state index in [1.54, 1.807) is 0 Å². The van der Waals surface area contributed by atoms with Crippen LogP contribution in [0.2, 0.25) is 0 Å². The van der Waals surface area contributed by atoms with Gasteiger partial charge in [0.1, 0.15) is 0 Å². The minimum atomic E-state index is 0. The molecule has 0 fully saturated rings. The van der Waals surface area contributed by atoms with Crippen LogP contribution < -0.4 is 57.1 Å². The molecule has 4 aromatic rings. The van der Waals surface area contributed by atoms with Crippen LogP contribution in [0, 0.1) is 0 Å². The van der Waals surface area contributed by atoms with Crippen LogP contribution in [0.4, 0.5) is 0 Å². The maximum atomic E-state index is 2.55. The molecule has 0 saturated heterocycles. The summed E-state index contributed by atoms with van der Waals surface area (Å²) in [6, 6.07) is 17.8. The number of rotatable bonds is 0. The summed E-state index contributed by atoms with van der Waals surface area (Å²) in [5, 5.41) is 0. The van der Waals surface area contributed by atoms with Crippen LogP contribution in [-0.2, 0) is 26.2 Å². The maximum Gasteiger partial charge on any atom is 0.374 e. The van der Waals surface area contributed by atoms with Crippen molar-refractivity contribution >= 4 is 22.1 Å². The minimum Gasteiger partial charge on any atom is -1.00 e. The number of imidazole rings is 2. The first-order chi connectivity index (χ1) is 11.9. The molecule has 6 heteroatoms. The van der Waals surface area contributed by atoms with Gasteiger partial charge in [-0.1, -0.05) is 24.3 Å². The third kappa shape index (κ3) is 2.30. The first-order valence-corrected chi connectivity index (χ1v) is 8.96. The lowest BCUT2D eigenvalue weighted by atomic mass is 10.3. The largest absolute Gasteiger partial charge is 1.00 e. The Labute approximate surface area is 186 Å². The van der Waals surface area contributed by atoms with Crippen LogP contribution in [0.1, 0.15) is 12.8 Å². The molecule has 4 nitrogen and oxygen atoms in total. The highest BCUT2D eigenvalue weighted by Crippen LogP contribution is 2.29. The van der Waals surface area contributed by atoms with Crippen LogP contribution >= 0.6 is 0 Å². The van der Waals surface area contributed by atoms with Crippen molar-refractivity contribution in [1.29, 1.82) is 0 Å². The van der Waals surface area contributed by atoms with E-state index in [2.05, 4.69) is 66.8 Å². The van der Waals surface area contributed by atoms with Gasteiger partial charge >= 0.3 is 11.6 Å². The normalized spacial score (nSPS) is 14.9. The van der Waals surface area contributed by atoms with E-state index in [0.29, 0.717) is 0 Å². The lowest BCUT2D eigenvalue weighted by Gasteiger charge is -1.97. The van der Waals surface area contributed by atoms with Crippen molar-refractivity contribution in [3.8, 4) is 11.6 Å². The smallest absolute Gasteiger partial charge is 0.374 e. The monoisotopic (exact) mass is 570 g/mol. The molecule has 0 radical (unpaired) electrons. The molecule has 26 heavy (non-hydrogen) atoms. The number of nitrogens with zero attached hydrogens (tertiary/aromatic N) is 4. The Morgan fingerprint density at radius 3 is 1.50 bits per heavy atom. The third-order valence-corrected chi connectivity index (χ3v) is 5.68. The Morgan fingerprint density at radius 1 is 0.615 bits per heavy atom. The first-order valence-electron chi connectivity index (χ1n) is 8.96. The fourth-order valence-corrected chi connectivity index (χ4v) is 4.75. The summed E-state index contributed by atoms with van der Waals surface area (Å²) in [5.74, 6) is 2.78. The Kier molecular flexibility index (Phi) is 4.75. The number of fused-ring (bicyclic) bond motifs is 6. The van der Waals surface area contributed by atoms with Crippen molar-refractivity contribution in [2.75, 3.05) is 0 Å². The van der Waals surface area contributed by atoms with Gasteiger partial charge in [-0.15, -0.1) is 0 Å². The van der Waals surface area contributed by atoms with E-state index in [0.717, 1.165) is 26.2 Å². The molecule has 6 rings (SSSR count). The van der Waals surface area contributed by atoms with Crippen LogP contribution in [-0.4, -0.2) is 9.13 Å². The highest BCUT2D eigenvalue weighted by Gasteiger charge is 2.41. The second-order valence-corrected chi connectivity index (χ2v) is 6.94. The van der Waals surface area contributed by atoms with Crippen LogP contribution in [0.3, 0.4) is 0 Å². The molecule has 2 aromatic heterocycles. The molecule has 0 aliphatic carbocycles. The second kappa shape index (κ2) is 6.78. The molecule has 0 bridgehead atoms. The van der Waals surface area contributed by atoms with Crippen molar-refractivity contribution in [1.82, 2.24) is 9.13 Å². The quantitative estimate of drug-likeness (QED) is 0.156. The molecule has 2 aromatic carbocycles. The number of para-hydroxylation sites is 4. The van der Waals surface area contributed by atoms with Crippen molar-refractivity contribution in [2.24, 2.45) is 0 Å². The average molecular weight is 570 g/mol. The molecule has 0 amide bonds. The van der Waals surface area contributed by atoms with E-state index in [4.69, 9.17) is 0 Å². The maximum absolute atomic E-state index is 2.55. The van der Waals surface area contributed by atoms with Gasteiger partial charge in [-0.2, -0.15) is 0 Å². The predicted octanol–water partition coefficient (Wildman–Crippen LogP) is -3.35. The van der Waals surface area contributed by atoms with E-state index in [1.165, 1.54) is 46.6 Å². The fraction of sp³-hybridized carbons (Fsp3) is 0.300. The summed E-state index contributed by atoms with van der Waals surface area (Å²) < 4.78 is 10.2. The third-order valence-electron chi connectivity index (χ3n) is 5.68. The zero-order valence-corrected chi connectivity index (χ0v) is 18.7. The van der Waals surface area contributed by atoms with Crippen molar-refractivity contribution < 1.29 is 57.1 Å². The number of halogens is 2. The molecule has 4 heterocycles. The van der Waals surface area contributed by atoms with Crippen molar-refractivity contribution in [3.63, 3.8) is 0 Å². The average Bonchev–Trinajstić information content (AvgIpc) is 2.91. The summed E-state index contributed by atoms with van der Waals surface area (Å²) in [6.07, 6.45) is 2.36. The van der Waals surface area contributed by atoms with Crippen molar-refractivity contribution in [2.45, 2.75) is 39.0 Å². The van der Waals surface area contributed by atoms with Crippen molar-refractivity contribution in [3.05, 3.63) is 48.5 Å². The molecule has 0 atom stereocenters.